The van der Waals surface area contributed by atoms with Gasteiger partial charge in [0.15, 0.2) is 5.13 Å². The molecule has 1 atom stereocenters. The number of rotatable bonds is 7. The van der Waals surface area contributed by atoms with E-state index >= 15 is 0 Å². The second-order valence-corrected chi connectivity index (χ2v) is 4.46. The Morgan fingerprint density at radius 2 is 2.33 bits per heavy atom. The van der Waals surface area contributed by atoms with Crippen LogP contribution in [0.25, 0.3) is 0 Å². The number of hydrogen-bond donors (Lipinski definition) is 4. The van der Waals surface area contributed by atoms with Gasteiger partial charge in [0.2, 0.25) is 5.91 Å². The number of carboxylic acids is 1. The molecule has 1 aromatic heterocycles. The molecule has 0 bridgehead atoms. The number of aliphatic carboxylic acids is 1. The molecule has 0 saturated carbocycles. The number of hydrogen-bond acceptors (Lipinski definition) is 6. The Kier molecular flexibility index (Phi) is 5.53. The molecule has 0 saturated heterocycles. The third kappa shape index (κ3) is 4.30. The standard InChI is InChI=1S/C10H16N4O3S/c1-2-3-12-7(15)4-13-10-14-6(5-18-10)8(11)9(16)17/h5,8H,2-4,11H2,1H3,(H,12,15)(H,13,14)(H,16,17). The zero-order valence-electron chi connectivity index (χ0n) is 9.97. The summed E-state index contributed by atoms with van der Waals surface area (Å²) in [7, 11) is 0. The van der Waals surface area contributed by atoms with Gasteiger partial charge in [-0.1, -0.05) is 6.92 Å². The minimum absolute atomic E-state index is 0.106. The van der Waals surface area contributed by atoms with Crippen LogP contribution in [-0.2, 0) is 9.59 Å². The first-order valence-electron chi connectivity index (χ1n) is 5.49. The Hall–Kier alpha value is -1.67. The molecule has 100 valence electrons. The smallest absolute Gasteiger partial charge is 0.326 e. The number of thiazole rings is 1. The predicted molar refractivity (Wildman–Crippen MR) is 68.5 cm³/mol. The lowest BCUT2D eigenvalue weighted by atomic mass is 10.2. The van der Waals surface area contributed by atoms with Gasteiger partial charge >= 0.3 is 5.97 Å². The van der Waals surface area contributed by atoms with Crippen molar-refractivity contribution in [2.45, 2.75) is 19.4 Å². The molecule has 5 N–H and O–H groups in total. The van der Waals surface area contributed by atoms with Crippen LogP contribution < -0.4 is 16.4 Å². The third-order valence-electron chi connectivity index (χ3n) is 2.08. The van der Waals surface area contributed by atoms with Crippen molar-refractivity contribution in [3.63, 3.8) is 0 Å². The van der Waals surface area contributed by atoms with E-state index in [0.29, 0.717) is 11.7 Å². The van der Waals surface area contributed by atoms with Gasteiger partial charge < -0.3 is 21.5 Å². The second-order valence-electron chi connectivity index (χ2n) is 3.60. The number of carboxylic acid groups (broad SMARTS) is 1. The Labute approximate surface area is 108 Å². The van der Waals surface area contributed by atoms with Crippen LogP contribution in [0.2, 0.25) is 0 Å². The van der Waals surface area contributed by atoms with Crippen LogP contribution in [0, 0.1) is 0 Å². The van der Waals surface area contributed by atoms with Crippen molar-refractivity contribution in [3.05, 3.63) is 11.1 Å². The largest absolute Gasteiger partial charge is 0.480 e. The summed E-state index contributed by atoms with van der Waals surface area (Å²) in [6.45, 7) is 2.71. The summed E-state index contributed by atoms with van der Waals surface area (Å²) in [4.78, 5) is 26.0. The lowest BCUT2D eigenvalue weighted by Gasteiger charge is -2.04. The summed E-state index contributed by atoms with van der Waals surface area (Å²) in [5.74, 6) is -1.26. The van der Waals surface area contributed by atoms with E-state index in [1.54, 1.807) is 5.38 Å². The molecular formula is C10H16N4O3S. The summed E-state index contributed by atoms with van der Waals surface area (Å²) >= 11 is 1.22. The van der Waals surface area contributed by atoms with E-state index in [4.69, 9.17) is 10.8 Å². The van der Waals surface area contributed by atoms with Gasteiger partial charge in [0.25, 0.3) is 0 Å². The highest BCUT2D eigenvalue weighted by Gasteiger charge is 2.17. The van der Waals surface area contributed by atoms with Crippen molar-refractivity contribution in [3.8, 4) is 0 Å². The van der Waals surface area contributed by atoms with E-state index in [9.17, 15) is 9.59 Å². The highest BCUT2D eigenvalue weighted by Crippen LogP contribution is 2.19. The summed E-state index contributed by atoms with van der Waals surface area (Å²) in [5.41, 5.74) is 5.69. The SMILES string of the molecule is CCCNC(=O)CNc1nc(C(N)C(=O)O)cs1. The van der Waals surface area contributed by atoms with Gasteiger partial charge in [-0.3, -0.25) is 9.59 Å². The van der Waals surface area contributed by atoms with Crippen LogP contribution in [0.15, 0.2) is 5.38 Å². The molecular weight excluding hydrogens is 256 g/mol. The fraction of sp³-hybridized carbons (Fsp3) is 0.500. The number of nitrogens with two attached hydrogens (primary N) is 1. The summed E-state index contributed by atoms with van der Waals surface area (Å²) in [5, 5.41) is 16.3. The highest BCUT2D eigenvalue weighted by molar-refractivity contribution is 7.13. The zero-order chi connectivity index (χ0) is 13.5. The van der Waals surface area contributed by atoms with Crippen LogP contribution >= 0.6 is 11.3 Å². The maximum Gasteiger partial charge on any atom is 0.326 e. The average Bonchev–Trinajstić information content (AvgIpc) is 2.81. The van der Waals surface area contributed by atoms with Crippen LogP contribution in [0.4, 0.5) is 5.13 Å². The van der Waals surface area contributed by atoms with E-state index < -0.39 is 12.0 Å². The normalized spacial score (nSPS) is 11.9. The minimum Gasteiger partial charge on any atom is -0.480 e. The van der Waals surface area contributed by atoms with Gasteiger partial charge in [-0.05, 0) is 6.42 Å². The van der Waals surface area contributed by atoms with Crippen molar-refractivity contribution >= 4 is 28.3 Å². The maximum absolute atomic E-state index is 11.3. The highest BCUT2D eigenvalue weighted by atomic mass is 32.1. The third-order valence-corrected chi connectivity index (χ3v) is 2.90. The van der Waals surface area contributed by atoms with Crippen LogP contribution in [-0.4, -0.2) is 35.1 Å². The molecule has 0 aromatic carbocycles. The molecule has 0 radical (unpaired) electrons. The van der Waals surface area contributed by atoms with Gasteiger partial charge in [-0.25, -0.2) is 4.98 Å². The summed E-state index contributed by atoms with van der Waals surface area (Å²) < 4.78 is 0. The lowest BCUT2D eigenvalue weighted by Crippen LogP contribution is -2.30. The molecule has 1 unspecified atom stereocenters. The minimum atomic E-state index is -1.13. The first-order chi connectivity index (χ1) is 8.54. The molecule has 0 fully saturated rings. The fourth-order valence-corrected chi connectivity index (χ4v) is 1.86. The first-order valence-corrected chi connectivity index (χ1v) is 6.37. The Bertz CT molecular complexity index is 421. The second kappa shape index (κ2) is 6.92. The number of anilines is 1. The van der Waals surface area contributed by atoms with Gasteiger partial charge in [-0.15, -0.1) is 11.3 Å². The van der Waals surface area contributed by atoms with Gasteiger partial charge in [-0.2, -0.15) is 0 Å². The van der Waals surface area contributed by atoms with E-state index in [2.05, 4.69) is 15.6 Å². The van der Waals surface area contributed by atoms with Crippen LogP contribution in [0.1, 0.15) is 25.1 Å². The van der Waals surface area contributed by atoms with Gasteiger partial charge in [0.05, 0.1) is 12.2 Å². The maximum atomic E-state index is 11.3. The van der Waals surface area contributed by atoms with Crippen LogP contribution in [0.5, 0.6) is 0 Å². The Morgan fingerprint density at radius 3 is 2.94 bits per heavy atom. The first kappa shape index (κ1) is 14.4. The Morgan fingerprint density at radius 1 is 1.61 bits per heavy atom. The monoisotopic (exact) mass is 272 g/mol. The molecule has 1 aromatic rings. The fourth-order valence-electron chi connectivity index (χ4n) is 1.12. The number of amides is 1. The molecule has 1 heterocycles. The molecule has 0 aliphatic rings. The molecule has 18 heavy (non-hydrogen) atoms. The van der Waals surface area contributed by atoms with Crippen molar-refractivity contribution in [2.75, 3.05) is 18.4 Å². The van der Waals surface area contributed by atoms with Crippen molar-refractivity contribution in [2.24, 2.45) is 5.73 Å². The molecule has 1 rings (SSSR count). The number of nitrogens with zero attached hydrogens (tertiary/aromatic N) is 1. The van der Waals surface area contributed by atoms with Crippen molar-refractivity contribution in [1.82, 2.24) is 10.3 Å². The number of aromatic nitrogens is 1. The summed E-state index contributed by atoms with van der Waals surface area (Å²) in [6, 6.07) is -1.13. The van der Waals surface area contributed by atoms with Crippen molar-refractivity contribution < 1.29 is 14.7 Å². The Balaban J connectivity index is 2.44. The van der Waals surface area contributed by atoms with Gasteiger partial charge in [0, 0.05) is 11.9 Å². The summed E-state index contributed by atoms with van der Waals surface area (Å²) in [6.07, 6.45) is 0.876. The quantitative estimate of drug-likeness (QED) is 0.562. The molecule has 0 spiro atoms. The zero-order valence-corrected chi connectivity index (χ0v) is 10.8. The van der Waals surface area contributed by atoms with Gasteiger partial charge in [0.1, 0.15) is 6.04 Å². The lowest BCUT2D eigenvalue weighted by molar-refractivity contribution is -0.138. The van der Waals surface area contributed by atoms with Crippen molar-refractivity contribution in [1.29, 1.82) is 0 Å². The van der Waals surface area contributed by atoms with E-state index in [0.717, 1.165) is 6.42 Å². The molecule has 8 heteroatoms. The van der Waals surface area contributed by atoms with E-state index in [1.165, 1.54) is 11.3 Å². The van der Waals surface area contributed by atoms with E-state index in [-0.39, 0.29) is 18.1 Å². The predicted octanol–water partition coefficient (Wildman–Crippen LogP) is 0.166. The number of carbonyl (C=O) groups excluding carboxylic acids is 1. The number of nitrogens with one attached hydrogen (secondary N) is 2. The average molecular weight is 272 g/mol. The molecule has 1 amide bonds. The topological polar surface area (TPSA) is 117 Å². The van der Waals surface area contributed by atoms with Crippen LogP contribution in [0.3, 0.4) is 0 Å². The number of carbonyl (C=O) groups is 2. The molecule has 0 aliphatic heterocycles. The molecule has 7 nitrogen and oxygen atoms in total. The van der Waals surface area contributed by atoms with E-state index in [1.807, 2.05) is 6.92 Å². The molecule has 0 aliphatic carbocycles.